The summed E-state index contributed by atoms with van der Waals surface area (Å²) in [6, 6.07) is 10.0. The Hall–Kier alpha value is -2.87. The number of aromatic amines is 1. The number of benzene rings is 1. The highest BCUT2D eigenvalue weighted by Crippen LogP contribution is 2.36. The third-order valence-electron chi connectivity index (χ3n) is 7.06. The zero-order chi connectivity index (χ0) is 24.0. The van der Waals surface area contributed by atoms with E-state index in [1.807, 2.05) is 31.3 Å². The van der Waals surface area contributed by atoms with Crippen LogP contribution in [0.1, 0.15) is 37.9 Å². The second-order valence-corrected chi connectivity index (χ2v) is 10.3. The maximum atomic E-state index is 6.31. The number of pyridine rings is 2. The molecule has 7 nitrogen and oxygen atoms in total. The van der Waals surface area contributed by atoms with Crippen molar-refractivity contribution in [3.05, 3.63) is 64.5 Å². The van der Waals surface area contributed by atoms with Gasteiger partial charge in [-0.25, -0.2) is 4.98 Å². The molecule has 2 saturated heterocycles. The van der Waals surface area contributed by atoms with Crippen LogP contribution in [0.2, 0.25) is 10.0 Å². The molecule has 0 unspecified atom stereocenters. The molecular formula is C26H26Cl2N6O. The first kappa shape index (κ1) is 22.6. The minimum absolute atomic E-state index is 0.287. The van der Waals surface area contributed by atoms with E-state index in [0.717, 1.165) is 47.6 Å². The summed E-state index contributed by atoms with van der Waals surface area (Å²) >= 11 is 12.6. The van der Waals surface area contributed by atoms with Crippen LogP contribution in [0.5, 0.6) is 5.75 Å². The summed E-state index contributed by atoms with van der Waals surface area (Å²) in [4.78, 5) is 11.1. The quantitative estimate of drug-likeness (QED) is 0.354. The maximum absolute atomic E-state index is 6.31. The van der Waals surface area contributed by atoms with E-state index in [1.54, 1.807) is 12.4 Å². The van der Waals surface area contributed by atoms with Gasteiger partial charge in [0.1, 0.15) is 23.4 Å². The van der Waals surface area contributed by atoms with E-state index in [0.29, 0.717) is 21.4 Å². The normalized spacial score (nSPS) is 18.0. The Morgan fingerprint density at radius 1 is 1.06 bits per heavy atom. The molecule has 1 aromatic carbocycles. The highest BCUT2D eigenvalue weighted by molar-refractivity contribution is 6.35. The number of H-pyrrole nitrogens is 1. The van der Waals surface area contributed by atoms with E-state index in [9.17, 15) is 0 Å². The van der Waals surface area contributed by atoms with Gasteiger partial charge in [-0.3, -0.25) is 10.1 Å². The number of hydrogen-bond acceptors (Lipinski definition) is 6. The molecule has 2 aliphatic heterocycles. The lowest BCUT2D eigenvalue weighted by atomic mass is 9.82. The van der Waals surface area contributed by atoms with E-state index in [-0.39, 0.29) is 11.6 Å². The van der Waals surface area contributed by atoms with Gasteiger partial charge in [0, 0.05) is 48.2 Å². The van der Waals surface area contributed by atoms with Crippen LogP contribution in [0, 0.1) is 0 Å². The fourth-order valence-electron chi connectivity index (χ4n) is 5.22. The first-order valence-electron chi connectivity index (χ1n) is 11.9. The Morgan fingerprint density at radius 3 is 2.60 bits per heavy atom. The van der Waals surface area contributed by atoms with E-state index in [2.05, 4.69) is 37.5 Å². The molecular weight excluding hydrogens is 483 g/mol. The molecule has 2 aliphatic rings. The highest BCUT2D eigenvalue weighted by Gasteiger charge is 2.43. The van der Waals surface area contributed by atoms with Crippen LogP contribution in [0.3, 0.4) is 0 Å². The van der Waals surface area contributed by atoms with Crippen molar-refractivity contribution in [3.63, 3.8) is 0 Å². The molecule has 1 atom stereocenters. The van der Waals surface area contributed by atoms with Crippen molar-refractivity contribution in [2.75, 3.05) is 24.5 Å². The van der Waals surface area contributed by atoms with Crippen LogP contribution in [0.25, 0.3) is 22.2 Å². The predicted octanol–water partition coefficient (Wildman–Crippen LogP) is 5.80. The van der Waals surface area contributed by atoms with Crippen molar-refractivity contribution < 1.29 is 4.74 Å². The average Bonchev–Trinajstić information content (AvgIpc) is 3.26. The molecule has 180 valence electrons. The number of nitrogens with one attached hydrogen (secondary N) is 2. The second kappa shape index (κ2) is 8.97. The van der Waals surface area contributed by atoms with E-state index in [4.69, 9.17) is 32.9 Å². The number of anilines is 1. The molecule has 9 heteroatoms. The summed E-state index contributed by atoms with van der Waals surface area (Å²) in [6.07, 6.45) is 8.55. The molecule has 1 spiro atoms. The number of nitrogens with zero attached hydrogens (tertiary/aromatic N) is 4. The maximum Gasteiger partial charge on any atom is 0.128 e. The van der Waals surface area contributed by atoms with Crippen molar-refractivity contribution in [2.45, 2.75) is 37.8 Å². The molecule has 3 aromatic heterocycles. The van der Waals surface area contributed by atoms with Crippen molar-refractivity contribution in [1.82, 2.24) is 25.5 Å². The molecule has 2 N–H and O–H groups in total. The smallest absolute Gasteiger partial charge is 0.128 e. The zero-order valence-corrected chi connectivity index (χ0v) is 20.9. The molecule has 2 fully saturated rings. The minimum Gasteiger partial charge on any atom is -0.486 e. The molecule has 5 heterocycles. The molecule has 0 radical (unpaired) electrons. The standard InChI is InChI=1S/C26H26Cl2N6O/c1-16(24-20(27)12-29-13-21(24)28)35-18-5-6-22-19(10-18)25(33-32-22)17-4-7-23(30-11-17)34-14-26(15-34)8-2-3-9-31-26/h4-7,10-13,16,31H,2-3,8-9,14-15H2,1H3,(H,32,33)/t16-/m1/s1. The lowest BCUT2D eigenvalue weighted by molar-refractivity contribution is 0.201. The lowest BCUT2D eigenvalue weighted by Gasteiger charge is -2.53. The summed E-state index contributed by atoms with van der Waals surface area (Å²) in [5, 5.41) is 13.3. The molecule has 0 saturated carbocycles. The Morgan fingerprint density at radius 2 is 1.89 bits per heavy atom. The Balaban J connectivity index is 1.21. The van der Waals surface area contributed by atoms with Crippen LogP contribution < -0.4 is 15.0 Å². The Bertz CT molecular complexity index is 1340. The van der Waals surface area contributed by atoms with Gasteiger partial charge in [-0.05, 0) is 56.6 Å². The van der Waals surface area contributed by atoms with Gasteiger partial charge >= 0.3 is 0 Å². The van der Waals surface area contributed by atoms with Gasteiger partial charge in [0.15, 0.2) is 0 Å². The summed E-state index contributed by atoms with van der Waals surface area (Å²) < 4.78 is 6.19. The van der Waals surface area contributed by atoms with Gasteiger partial charge in [0.05, 0.1) is 21.1 Å². The number of piperidine rings is 1. The van der Waals surface area contributed by atoms with Gasteiger partial charge in [-0.2, -0.15) is 5.10 Å². The monoisotopic (exact) mass is 508 g/mol. The van der Waals surface area contributed by atoms with Gasteiger partial charge < -0.3 is 15.0 Å². The van der Waals surface area contributed by atoms with E-state index < -0.39 is 0 Å². The van der Waals surface area contributed by atoms with Gasteiger partial charge in [-0.1, -0.05) is 29.6 Å². The van der Waals surface area contributed by atoms with Gasteiger partial charge in [0.2, 0.25) is 0 Å². The average molecular weight is 509 g/mol. The fraction of sp³-hybridized carbons (Fsp3) is 0.346. The fourth-order valence-corrected chi connectivity index (χ4v) is 5.89. The summed E-state index contributed by atoms with van der Waals surface area (Å²) in [6.45, 7) is 5.09. The van der Waals surface area contributed by atoms with Crippen molar-refractivity contribution >= 4 is 39.9 Å². The largest absolute Gasteiger partial charge is 0.486 e. The van der Waals surface area contributed by atoms with Crippen molar-refractivity contribution in [1.29, 1.82) is 0 Å². The second-order valence-electron chi connectivity index (χ2n) is 9.48. The number of ether oxygens (including phenoxy) is 1. The number of hydrogen-bond donors (Lipinski definition) is 2. The SMILES string of the molecule is C[C@@H](Oc1ccc2[nH]nc(-c3ccc(N4CC5(CCCCN5)C4)nc3)c2c1)c1c(Cl)cncc1Cl. The van der Waals surface area contributed by atoms with E-state index >= 15 is 0 Å². The van der Waals surface area contributed by atoms with Crippen LogP contribution in [0.4, 0.5) is 5.82 Å². The van der Waals surface area contributed by atoms with E-state index in [1.165, 1.54) is 19.3 Å². The summed E-state index contributed by atoms with van der Waals surface area (Å²) in [5.41, 5.74) is 3.72. The molecule has 35 heavy (non-hydrogen) atoms. The van der Waals surface area contributed by atoms with Gasteiger partial charge in [0.25, 0.3) is 0 Å². The topological polar surface area (TPSA) is 79.0 Å². The number of halogens is 2. The third kappa shape index (κ3) is 4.22. The van der Waals surface area contributed by atoms with Crippen molar-refractivity contribution in [3.8, 4) is 17.0 Å². The van der Waals surface area contributed by atoms with Crippen LogP contribution in [-0.2, 0) is 0 Å². The number of fused-ring (bicyclic) bond motifs is 1. The molecule has 0 aliphatic carbocycles. The summed E-state index contributed by atoms with van der Waals surface area (Å²) in [7, 11) is 0. The van der Waals surface area contributed by atoms with Gasteiger partial charge in [-0.15, -0.1) is 0 Å². The first-order valence-corrected chi connectivity index (χ1v) is 12.7. The molecule has 4 aromatic rings. The predicted molar refractivity (Wildman–Crippen MR) is 139 cm³/mol. The number of aromatic nitrogens is 4. The Kier molecular flexibility index (Phi) is 5.79. The van der Waals surface area contributed by atoms with Crippen molar-refractivity contribution in [2.24, 2.45) is 0 Å². The molecule has 6 rings (SSSR count). The zero-order valence-electron chi connectivity index (χ0n) is 19.4. The van der Waals surface area contributed by atoms with Crippen LogP contribution in [-0.4, -0.2) is 45.3 Å². The Labute approximate surface area is 213 Å². The molecule has 0 bridgehead atoms. The highest BCUT2D eigenvalue weighted by atomic mass is 35.5. The third-order valence-corrected chi connectivity index (χ3v) is 7.66. The minimum atomic E-state index is -0.342. The molecule has 0 amide bonds. The number of rotatable bonds is 5. The van der Waals surface area contributed by atoms with Crippen LogP contribution >= 0.6 is 23.2 Å². The lowest BCUT2D eigenvalue weighted by Crippen LogP contribution is -2.70. The first-order chi connectivity index (χ1) is 17.0. The van der Waals surface area contributed by atoms with Crippen LogP contribution in [0.15, 0.2) is 48.9 Å². The summed E-state index contributed by atoms with van der Waals surface area (Å²) in [5.74, 6) is 1.71.